The van der Waals surface area contributed by atoms with Crippen LogP contribution in [0.2, 0.25) is 5.02 Å². The summed E-state index contributed by atoms with van der Waals surface area (Å²) < 4.78 is 12.8. The molecule has 2 aromatic rings. The maximum absolute atomic E-state index is 12.8. The molecule has 1 aliphatic rings. The van der Waals surface area contributed by atoms with Crippen LogP contribution in [0.3, 0.4) is 0 Å². The average molecular weight is 361 g/mol. The number of carbonyl (C=O) groups excluding carboxylic acids is 2. The minimum Gasteiger partial charge on any atom is -0.352 e. The lowest BCUT2D eigenvalue weighted by Crippen LogP contribution is -2.29. The Morgan fingerprint density at radius 1 is 0.960 bits per heavy atom. The van der Waals surface area contributed by atoms with Crippen molar-refractivity contribution < 1.29 is 14.0 Å². The molecule has 2 aromatic carbocycles. The van der Waals surface area contributed by atoms with Crippen molar-refractivity contribution in [1.29, 1.82) is 0 Å². The Morgan fingerprint density at radius 3 is 2.20 bits per heavy atom. The van der Waals surface area contributed by atoms with Crippen LogP contribution in [-0.2, 0) is 22.7 Å². The topological polar surface area (TPSA) is 58.2 Å². The van der Waals surface area contributed by atoms with Gasteiger partial charge in [-0.15, -0.1) is 0 Å². The van der Waals surface area contributed by atoms with Gasteiger partial charge >= 0.3 is 0 Å². The molecule has 1 fully saturated rings. The van der Waals surface area contributed by atoms with Gasteiger partial charge in [0.1, 0.15) is 5.82 Å². The van der Waals surface area contributed by atoms with Gasteiger partial charge in [0.05, 0.1) is 11.8 Å². The van der Waals surface area contributed by atoms with Crippen molar-refractivity contribution in [1.82, 2.24) is 10.6 Å². The molecule has 0 aromatic heterocycles. The van der Waals surface area contributed by atoms with Crippen molar-refractivity contribution in [2.24, 2.45) is 11.8 Å². The van der Waals surface area contributed by atoms with Crippen molar-refractivity contribution in [3.63, 3.8) is 0 Å². The highest BCUT2D eigenvalue weighted by Gasteiger charge is 2.47. The van der Waals surface area contributed by atoms with E-state index in [0.717, 1.165) is 11.1 Å². The van der Waals surface area contributed by atoms with Gasteiger partial charge < -0.3 is 10.6 Å². The summed E-state index contributed by atoms with van der Waals surface area (Å²) in [6.45, 7) is 0.669. The summed E-state index contributed by atoms with van der Waals surface area (Å²) in [4.78, 5) is 24.2. The third-order valence-corrected chi connectivity index (χ3v) is 4.62. The van der Waals surface area contributed by atoms with E-state index in [4.69, 9.17) is 11.6 Å². The van der Waals surface area contributed by atoms with Crippen LogP contribution in [-0.4, -0.2) is 11.8 Å². The van der Waals surface area contributed by atoms with Crippen LogP contribution in [0.4, 0.5) is 4.39 Å². The number of carbonyl (C=O) groups is 2. The molecule has 3 rings (SSSR count). The minimum absolute atomic E-state index is 0.137. The number of rotatable bonds is 6. The predicted octanol–water partition coefficient (Wildman–Crippen LogP) is 3.05. The lowest BCUT2D eigenvalue weighted by molar-refractivity contribution is -0.127. The molecule has 0 spiro atoms. The van der Waals surface area contributed by atoms with E-state index in [2.05, 4.69) is 10.6 Å². The highest BCUT2D eigenvalue weighted by atomic mass is 35.5. The van der Waals surface area contributed by atoms with Crippen molar-refractivity contribution in [2.45, 2.75) is 19.5 Å². The van der Waals surface area contributed by atoms with Crippen LogP contribution >= 0.6 is 11.6 Å². The number of hydrogen-bond acceptors (Lipinski definition) is 2. The van der Waals surface area contributed by atoms with E-state index in [-0.39, 0.29) is 29.5 Å². The van der Waals surface area contributed by atoms with E-state index in [0.29, 0.717) is 24.5 Å². The van der Waals surface area contributed by atoms with Gasteiger partial charge in [-0.1, -0.05) is 41.9 Å². The first-order chi connectivity index (χ1) is 12.0. The smallest absolute Gasteiger partial charge is 0.224 e. The maximum atomic E-state index is 12.8. The molecule has 1 saturated carbocycles. The Morgan fingerprint density at radius 2 is 1.56 bits per heavy atom. The van der Waals surface area contributed by atoms with Crippen molar-refractivity contribution >= 4 is 23.4 Å². The third-order valence-electron chi connectivity index (χ3n) is 4.25. The summed E-state index contributed by atoms with van der Waals surface area (Å²) in [7, 11) is 0. The molecule has 1 aliphatic carbocycles. The van der Waals surface area contributed by atoms with E-state index < -0.39 is 0 Å². The predicted molar refractivity (Wildman–Crippen MR) is 93.1 cm³/mol. The van der Waals surface area contributed by atoms with Gasteiger partial charge in [0, 0.05) is 18.1 Å². The number of hydrogen-bond donors (Lipinski definition) is 2. The molecular formula is C19H18ClFN2O2. The van der Waals surface area contributed by atoms with Crippen molar-refractivity contribution in [2.75, 3.05) is 0 Å². The second kappa shape index (κ2) is 7.66. The molecule has 2 unspecified atom stereocenters. The van der Waals surface area contributed by atoms with Crippen LogP contribution in [0.25, 0.3) is 0 Å². The van der Waals surface area contributed by atoms with Gasteiger partial charge in [0.15, 0.2) is 0 Å². The van der Waals surface area contributed by atoms with Crippen molar-refractivity contribution in [3.05, 3.63) is 70.5 Å². The second-order valence-corrected chi connectivity index (χ2v) is 6.51. The lowest BCUT2D eigenvalue weighted by Gasteiger charge is -2.07. The fraction of sp³-hybridized carbons (Fsp3) is 0.263. The zero-order valence-corrected chi connectivity index (χ0v) is 14.2. The van der Waals surface area contributed by atoms with Gasteiger partial charge in [-0.25, -0.2) is 4.39 Å². The Bertz CT molecular complexity index is 779. The van der Waals surface area contributed by atoms with E-state index in [1.165, 1.54) is 12.1 Å². The molecule has 0 bridgehead atoms. The standard InChI is InChI=1S/C19H18ClFN2O2/c20-17-4-2-1-3-13(17)11-23-19(25)16-9-15(16)18(24)22-10-12-5-7-14(21)8-6-12/h1-8,15-16H,9-11H2,(H,22,24)(H,23,25). The molecule has 0 heterocycles. The van der Waals surface area contributed by atoms with Crippen molar-refractivity contribution in [3.8, 4) is 0 Å². The highest BCUT2D eigenvalue weighted by molar-refractivity contribution is 6.31. The molecule has 130 valence electrons. The Labute approximate surface area is 150 Å². The summed E-state index contributed by atoms with van der Waals surface area (Å²) in [5, 5.41) is 6.21. The molecule has 4 nitrogen and oxygen atoms in total. The fourth-order valence-electron chi connectivity index (χ4n) is 2.65. The maximum Gasteiger partial charge on any atom is 0.224 e. The van der Waals surface area contributed by atoms with E-state index in [1.54, 1.807) is 18.2 Å². The molecule has 25 heavy (non-hydrogen) atoms. The molecule has 0 radical (unpaired) electrons. The van der Waals surface area contributed by atoms with Gasteiger partial charge in [-0.05, 0) is 35.7 Å². The second-order valence-electron chi connectivity index (χ2n) is 6.10. The average Bonchev–Trinajstić information content (AvgIpc) is 3.41. The van der Waals surface area contributed by atoms with Crippen LogP contribution in [0.5, 0.6) is 0 Å². The molecule has 0 saturated heterocycles. The van der Waals surface area contributed by atoms with Crippen LogP contribution in [0.15, 0.2) is 48.5 Å². The summed E-state index contributed by atoms with van der Waals surface area (Å²) in [6.07, 6.45) is 0.545. The molecule has 2 amide bonds. The summed E-state index contributed by atoms with van der Waals surface area (Å²) in [6, 6.07) is 13.3. The molecule has 0 aliphatic heterocycles. The summed E-state index contributed by atoms with van der Waals surface area (Å²) in [5.41, 5.74) is 1.66. The Balaban J connectivity index is 1.43. The number of halogens is 2. The first-order valence-electron chi connectivity index (χ1n) is 8.08. The summed E-state index contributed by atoms with van der Waals surface area (Å²) >= 11 is 6.05. The normalized spacial score (nSPS) is 18.5. The quantitative estimate of drug-likeness (QED) is 0.831. The fourth-order valence-corrected chi connectivity index (χ4v) is 2.85. The van der Waals surface area contributed by atoms with E-state index in [9.17, 15) is 14.0 Å². The Hall–Kier alpha value is -2.40. The lowest BCUT2D eigenvalue weighted by atomic mass is 10.2. The van der Waals surface area contributed by atoms with E-state index >= 15 is 0 Å². The Kier molecular flexibility index (Phi) is 5.34. The van der Waals surface area contributed by atoms with Gasteiger partial charge in [-0.3, -0.25) is 9.59 Å². The van der Waals surface area contributed by atoms with Gasteiger partial charge in [0.25, 0.3) is 0 Å². The number of nitrogens with one attached hydrogen (secondary N) is 2. The highest BCUT2D eigenvalue weighted by Crippen LogP contribution is 2.38. The van der Waals surface area contributed by atoms with Crippen LogP contribution in [0.1, 0.15) is 17.5 Å². The first kappa shape index (κ1) is 17.4. The van der Waals surface area contributed by atoms with Gasteiger partial charge in [0.2, 0.25) is 11.8 Å². The number of amides is 2. The molecule has 6 heteroatoms. The number of benzene rings is 2. The zero-order valence-electron chi connectivity index (χ0n) is 13.5. The molecular weight excluding hydrogens is 343 g/mol. The van der Waals surface area contributed by atoms with E-state index in [1.807, 2.05) is 18.2 Å². The summed E-state index contributed by atoms with van der Waals surface area (Å²) in [5.74, 6) is -1.20. The zero-order chi connectivity index (χ0) is 17.8. The largest absolute Gasteiger partial charge is 0.352 e. The monoisotopic (exact) mass is 360 g/mol. The third kappa shape index (κ3) is 4.57. The molecule has 2 N–H and O–H groups in total. The van der Waals surface area contributed by atoms with Crippen LogP contribution in [0, 0.1) is 17.7 Å². The minimum atomic E-state index is -0.312. The molecule has 2 atom stereocenters. The van der Waals surface area contributed by atoms with Gasteiger partial charge in [-0.2, -0.15) is 0 Å². The van der Waals surface area contributed by atoms with Crippen LogP contribution < -0.4 is 10.6 Å². The SMILES string of the molecule is O=C(NCc1ccc(F)cc1)C1CC1C(=O)NCc1ccccc1Cl. The first-order valence-corrected chi connectivity index (χ1v) is 8.45.